The number of hydrogen-bond acceptors (Lipinski definition) is 4. The molecule has 0 saturated carbocycles. The fraction of sp³-hybridized carbons (Fsp3) is 0.250. The highest BCUT2D eigenvalue weighted by molar-refractivity contribution is 5.54. The average Bonchev–Trinajstić information content (AvgIpc) is 2.73. The second-order valence-corrected chi connectivity index (χ2v) is 6.05. The van der Waals surface area contributed by atoms with Crippen molar-refractivity contribution in [3.63, 3.8) is 0 Å². The largest absolute Gasteiger partial charge is 0.451 e. The van der Waals surface area contributed by atoms with E-state index < -0.39 is 34.6 Å². The Kier molecular flexibility index (Phi) is 6.29. The minimum absolute atomic E-state index is 0.0637. The van der Waals surface area contributed by atoms with Gasteiger partial charge in [0.15, 0.2) is 11.6 Å². The van der Waals surface area contributed by atoms with Crippen LogP contribution in [-0.2, 0) is 4.74 Å². The molecule has 0 bridgehead atoms. The van der Waals surface area contributed by atoms with E-state index in [1.165, 1.54) is 30.3 Å². The molecule has 146 valence electrons. The topological polar surface area (TPSA) is 45.5 Å². The molecule has 2 aromatic carbocycles. The molecule has 0 atom stereocenters. The van der Waals surface area contributed by atoms with Gasteiger partial charge in [0.25, 0.3) is 0 Å². The van der Waals surface area contributed by atoms with Gasteiger partial charge in [-0.3, -0.25) is 4.90 Å². The van der Waals surface area contributed by atoms with Crippen LogP contribution in [0.25, 0.3) is 6.08 Å². The van der Waals surface area contributed by atoms with Crippen molar-refractivity contribution in [1.82, 2.24) is 4.90 Å². The van der Waals surface area contributed by atoms with Gasteiger partial charge in [-0.25, -0.2) is 8.78 Å². The normalized spacial score (nSPS) is 15.0. The van der Waals surface area contributed by atoms with Gasteiger partial charge < -0.3 is 9.47 Å². The molecule has 0 aliphatic carbocycles. The molecule has 0 aromatic heterocycles. The minimum atomic E-state index is -1.63. The molecule has 8 heteroatoms. The fourth-order valence-electron chi connectivity index (χ4n) is 2.68. The summed E-state index contributed by atoms with van der Waals surface area (Å²) in [5.74, 6) is -7.58. The van der Waals surface area contributed by atoms with Crippen LogP contribution >= 0.6 is 0 Å². The van der Waals surface area contributed by atoms with Crippen LogP contribution in [0, 0.1) is 34.6 Å². The molecule has 1 fully saturated rings. The summed E-state index contributed by atoms with van der Waals surface area (Å²) in [5.41, 5.74) is -0.512. The molecule has 4 nitrogen and oxygen atoms in total. The molecule has 1 aliphatic rings. The monoisotopic (exact) mass is 392 g/mol. The zero-order chi connectivity index (χ0) is 20.1. The van der Waals surface area contributed by atoms with Gasteiger partial charge in [0.05, 0.1) is 30.4 Å². The number of ether oxygens (including phenoxy) is 2. The Morgan fingerprint density at radius 2 is 1.61 bits per heavy atom. The number of nitrogens with zero attached hydrogens (tertiary/aromatic N) is 2. The maximum absolute atomic E-state index is 14.3. The third-order valence-electron chi connectivity index (χ3n) is 4.21. The summed E-state index contributed by atoms with van der Waals surface area (Å²) >= 11 is 0. The SMILES string of the molecule is N#Cc1ccc(Oc2c(F)c(F)c(/C=C/CN3CCOCC3)c(F)c2F)cc1. The lowest BCUT2D eigenvalue weighted by Crippen LogP contribution is -2.36. The second-order valence-electron chi connectivity index (χ2n) is 6.05. The molecule has 28 heavy (non-hydrogen) atoms. The van der Waals surface area contributed by atoms with E-state index in [0.29, 0.717) is 38.4 Å². The van der Waals surface area contributed by atoms with Crippen LogP contribution < -0.4 is 4.74 Å². The third kappa shape index (κ3) is 4.32. The van der Waals surface area contributed by atoms with Crippen LogP contribution in [0.2, 0.25) is 0 Å². The molecule has 3 rings (SSSR count). The summed E-state index contributed by atoms with van der Waals surface area (Å²) in [7, 11) is 0. The van der Waals surface area contributed by atoms with Crippen molar-refractivity contribution in [2.75, 3.05) is 32.8 Å². The Labute approximate surface area is 159 Å². The van der Waals surface area contributed by atoms with Gasteiger partial charge in [0.1, 0.15) is 5.75 Å². The van der Waals surface area contributed by atoms with E-state index in [0.717, 1.165) is 6.08 Å². The highest BCUT2D eigenvalue weighted by atomic mass is 19.2. The maximum Gasteiger partial charge on any atom is 0.205 e. The average molecular weight is 392 g/mol. The van der Waals surface area contributed by atoms with Crippen LogP contribution in [0.15, 0.2) is 30.3 Å². The summed E-state index contributed by atoms with van der Waals surface area (Å²) in [6.45, 7) is 2.81. The van der Waals surface area contributed by atoms with E-state index in [2.05, 4.69) is 0 Å². The Hall–Kier alpha value is -2.89. The minimum Gasteiger partial charge on any atom is -0.451 e. The molecule has 1 aliphatic heterocycles. The lowest BCUT2D eigenvalue weighted by atomic mass is 10.1. The van der Waals surface area contributed by atoms with Crippen LogP contribution in [0.3, 0.4) is 0 Å². The predicted molar refractivity (Wildman–Crippen MR) is 93.8 cm³/mol. The molecule has 1 saturated heterocycles. The van der Waals surface area contributed by atoms with Crippen molar-refractivity contribution in [3.05, 3.63) is 64.7 Å². The zero-order valence-electron chi connectivity index (χ0n) is 14.7. The van der Waals surface area contributed by atoms with E-state index >= 15 is 0 Å². The fourth-order valence-corrected chi connectivity index (χ4v) is 2.68. The van der Waals surface area contributed by atoms with Crippen molar-refractivity contribution in [1.29, 1.82) is 5.26 Å². The number of benzene rings is 2. The predicted octanol–water partition coefficient (Wildman–Crippen LogP) is 4.25. The quantitative estimate of drug-likeness (QED) is 0.564. The first-order valence-corrected chi connectivity index (χ1v) is 8.52. The van der Waals surface area contributed by atoms with Gasteiger partial charge >= 0.3 is 0 Å². The number of halogens is 4. The van der Waals surface area contributed by atoms with E-state index in [9.17, 15) is 17.6 Å². The molecule has 2 aromatic rings. The van der Waals surface area contributed by atoms with Crippen molar-refractivity contribution in [3.8, 4) is 17.6 Å². The van der Waals surface area contributed by atoms with Crippen molar-refractivity contribution in [2.24, 2.45) is 0 Å². The van der Waals surface area contributed by atoms with E-state index in [4.69, 9.17) is 14.7 Å². The molecular formula is C20H16F4N2O2. The number of hydrogen-bond donors (Lipinski definition) is 0. The highest BCUT2D eigenvalue weighted by Gasteiger charge is 2.26. The van der Waals surface area contributed by atoms with Gasteiger partial charge in [-0.15, -0.1) is 0 Å². The van der Waals surface area contributed by atoms with Crippen molar-refractivity contribution in [2.45, 2.75) is 0 Å². The smallest absolute Gasteiger partial charge is 0.205 e. The molecule has 1 heterocycles. The van der Waals surface area contributed by atoms with Gasteiger partial charge in [-0.2, -0.15) is 14.0 Å². The van der Waals surface area contributed by atoms with Gasteiger partial charge in [0.2, 0.25) is 17.4 Å². The summed E-state index contributed by atoms with van der Waals surface area (Å²) in [4.78, 5) is 1.98. The molecule has 0 amide bonds. The third-order valence-corrected chi connectivity index (χ3v) is 4.21. The molecule has 0 spiro atoms. The van der Waals surface area contributed by atoms with Gasteiger partial charge in [0, 0.05) is 19.6 Å². The standard InChI is InChI=1S/C20H16F4N2O2/c21-16-15(2-1-7-26-8-10-27-11-9-26)17(22)19(24)20(18(16)23)28-14-5-3-13(12-25)4-6-14/h1-6H,7-11H2/b2-1+. The summed E-state index contributed by atoms with van der Waals surface area (Å²) in [6.07, 6.45) is 2.45. The summed E-state index contributed by atoms with van der Waals surface area (Å²) in [6, 6.07) is 7.10. The van der Waals surface area contributed by atoms with Crippen molar-refractivity contribution < 1.29 is 27.0 Å². The van der Waals surface area contributed by atoms with Crippen molar-refractivity contribution >= 4 is 6.08 Å². The highest BCUT2D eigenvalue weighted by Crippen LogP contribution is 2.34. The van der Waals surface area contributed by atoms with E-state index in [-0.39, 0.29) is 5.75 Å². The first-order chi connectivity index (χ1) is 13.5. The zero-order valence-corrected chi connectivity index (χ0v) is 14.7. The van der Waals surface area contributed by atoms with E-state index in [1.54, 1.807) is 0 Å². The van der Waals surface area contributed by atoms with E-state index in [1.807, 2.05) is 11.0 Å². The van der Waals surface area contributed by atoms with Crippen LogP contribution in [-0.4, -0.2) is 37.7 Å². The second kappa shape index (κ2) is 8.87. The number of nitriles is 1. The number of rotatable bonds is 5. The first kappa shape index (κ1) is 19.9. The maximum atomic E-state index is 14.3. The molecular weight excluding hydrogens is 376 g/mol. The lowest BCUT2D eigenvalue weighted by molar-refractivity contribution is 0.0435. The molecule has 0 unspecified atom stereocenters. The Balaban J connectivity index is 1.82. The lowest BCUT2D eigenvalue weighted by Gasteiger charge is -2.25. The van der Waals surface area contributed by atoms with Crippen LogP contribution in [0.5, 0.6) is 11.5 Å². The Bertz CT molecular complexity index is 888. The molecule has 0 N–H and O–H groups in total. The summed E-state index contributed by atoms with van der Waals surface area (Å²) in [5, 5.41) is 8.74. The Morgan fingerprint density at radius 1 is 1.00 bits per heavy atom. The van der Waals surface area contributed by atoms with Gasteiger partial charge in [-0.05, 0) is 24.3 Å². The van der Waals surface area contributed by atoms with Gasteiger partial charge in [-0.1, -0.05) is 12.2 Å². The van der Waals surface area contributed by atoms with Crippen LogP contribution in [0.1, 0.15) is 11.1 Å². The Morgan fingerprint density at radius 3 is 2.18 bits per heavy atom. The number of morpholine rings is 1. The van der Waals surface area contributed by atoms with Crippen LogP contribution in [0.4, 0.5) is 17.6 Å². The first-order valence-electron chi connectivity index (χ1n) is 8.52. The molecule has 0 radical (unpaired) electrons. The summed E-state index contributed by atoms with van der Waals surface area (Å²) < 4.78 is 67.4.